The summed E-state index contributed by atoms with van der Waals surface area (Å²) in [5.41, 5.74) is 1.72. The average Bonchev–Trinajstić information content (AvgIpc) is 3.04. The van der Waals surface area contributed by atoms with Gasteiger partial charge in [-0.3, -0.25) is 4.79 Å². The Morgan fingerprint density at radius 1 is 1.21 bits per heavy atom. The van der Waals surface area contributed by atoms with Gasteiger partial charge in [0.05, 0.1) is 16.5 Å². The minimum atomic E-state index is -3.78. The van der Waals surface area contributed by atoms with Gasteiger partial charge in [-0.15, -0.1) is 0 Å². The number of carbonyl (C=O) groups excluding carboxylic acids is 1. The molecule has 0 heterocycles. The van der Waals surface area contributed by atoms with Gasteiger partial charge in [0.1, 0.15) is 5.82 Å². The molecule has 1 unspecified atom stereocenters. The van der Waals surface area contributed by atoms with Crippen molar-refractivity contribution in [2.45, 2.75) is 37.6 Å². The Labute approximate surface area is 169 Å². The molecule has 1 amide bonds. The maximum Gasteiger partial charge on any atom is 0.254 e. The highest BCUT2D eigenvalue weighted by Crippen LogP contribution is 2.33. The SMILES string of the molecule is CCN(CC)S(=O)(=O)c1ccc(F)c(C(=O)NC2CCc3cc(Cl)ccc32)c1. The summed E-state index contributed by atoms with van der Waals surface area (Å²) in [5, 5.41) is 3.45. The van der Waals surface area contributed by atoms with E-state index >= 15 is 0 Å². The van der Waals surface area contributed by atoms with Gasteiger partial charge in [-0.1, -0.05) is 31.5 Å². The Hall–Kier alpha value is -1.96. The molecule has 2 aromatic carbocycles. The van der Waals surface area contributed by atoms with E-state index in [1.54, 1.807) is 19.9 Å². The number of hydrogen-bond donors (Lipinski definition) is 1. The molecule has 0 bridgehead atoms. The van der Waals surface area contributed by atoms with Crippen LogP contribution in [0.3, 0.4) is 0 Å². The molecule has 3 rings (SSSR count). The van der Waals surface area contributed by atoms with Crippen molar-refractivity contribution in [2.75, 3.05) is 13.1 Å². The molecule has 1 atom stereocenters. The predicted octanol–water partition coefficient (Wildman–Crippen LogP) is 3.93. The van der Waals surface area contributed by atoms with Crippen LogP contribution >= 0.6 is 11.6 Å². The average molecular weight is 425 g/mol. The molecule has 28 heavy (non-hydrogen) atoms. The molecule has 0 saturated heterocycles. The number of rotatable bonds is 6. The van der Waals surface area contributed by atoms with Gasteiger partial charge >= 0.3 is 0 Å². The lowest BCUT2D eigenvalue weighted by Crippen LogP contribution is -2.31. The molecule has 1 aliphatic rings. The van der Waals surface area contributed by atoms with Crippen LogP contribution in [0, 0.1) is 5.82 Å². The molecule has 8 heteroatoms. The summed E-state index contributed by atoms with van der Waals surface area (Å²) < 4.78 is 40.9. The highest BCUT2D eigenvalue weighted by Gasteiger charge is 2.27. The third kappa shape index (κ3) is 3.92. The molecular weight excluding hydrogens is 403 g/mol. The van der Waals surface area contributed by atoms with E-state index in [9.17, 15) is 17.6 Å². The van der Waals surface area contributed by atoms with Gasteiger partial charge in [-0.05, 0) is 54.3 Å². The van der Waals surface area contributed by atoms with Gasteiger partial charge < -0.3 is 5.32 Å². The Bertz CT molecular complexity index is 1010. The van der Waals surface area contributed by atoms with Crippen LogP contribution in [0.15, 0.2) is 41.3 Å². The van der Waals surface area contributed by atoms with Gasteiger partial charge in [-0.2, -0.15) is 4.31 Å². The van der Waals surface area contributed by atoms with Crippen LogP contribution in [0.1, 0.15) is 47.8 Å². The quantitative estimate of drug-likeness (QED) is 0.764. The van der Waals surface area contributed by atoms with Crippen molar-refractivity contribution in [1.82, 2.24) is 9.62 Å². The number of amides is 1. The normalized spacial score (nSPS) is 16.2. The zero-order valence-electron chi connectivity index (χ0n) is 15.7. The fourth-order valence-electron chi connectivity index (χ4n) is 3.52. The van der Waals surface area contributed by atoms with Crippen molar-refractivity contribution < 1.29 is 17.6 Å². The van der Waals surface area contributed by atoms with Crippen LogP contribution in [0.5, 0.6) is 0 Å². The molecule has 0 aliphatic heterocycles. The van der Waals surface area contributed by atoms with E-state index in [0.29, 0.717) is 24.5 Å². The fraction of sp³-hybridized carbons (Fsp3) is 0.350. The largest absolute Gasteiger partial charge is 0.345 e. The Morgan fingerprint density at radius 3 is 2.61 bits per heavy atom. The monoisotopic (exact) mass is 424 g/mol. The van der Waals surface area contributed by atoms with Crippen molar-refractivity contribution in [2.24, 2.45) is 0 Å². The second-order valence-electron chi connectivity index (χ2n) is 6.64. The topological polar surface area (TPSA) is 66.5 Å². The third-order valence-corrected chi connectivity index (χ3v) is 7.29. The first-order valence-corrected chi connectivity index (χ1v) is 11.0. The number of nitrogens with one attached hydrogen (secondary N) is 1. The molecule has 150 valence electrons. The molecule has 0 spiro atoms. The lowest BCUT2D eigenvalue weighted by molar-refractivity contribution is 0.0932. The number of fused-ring (bicyclic) bond motifs is 1. The van der Waals surface area contributed by atoms with Gasteiger partial charge in [0.2, 0.25) is 10.0 Å². The van der Waals surface area contributed by atoms with E-state index in [1.807, 2.05) is 12.1 Å². The molecule has 1 aliphatic carbocycles. The fourth-order valence-corrected chi connectivity index (χ4v) is 5.20. The third-order valence-electron chi connectivity index (χ3n) is 5.01. The van der Waals surface area contributed by atoms with E-state index in [1.165, 1.54) is 10.4 Å². The number of hydrogen-bond acceptors (Lipinski definition) is 3. The molecule has 5 nitrogen and oxygen atoms in total. The zero-order chi connectivity index (χ0) is 20.5. The lowest BCUT2D eigenvalue weighted by Gasteiger charge is -2.19. The summed E-state index contributed by atoms with van der Waals surface area (Å²) >= 11 is 6.01. The highest BCUT2D eigenvalue weighted by atomic mass is 35.5. The van der Waals surface area contributed by atoms with E-state index in [0.717, 1.165) is 29.7 Å². The van der Waals surface area contributed by atoms with Crippen LogP contribution < -0.4 is 5.32 Å². The van der Waals surface area contributed by atoms with E-state index in [4.69, 9.17) is 11.6 Å². The minimum Gasteiger partial charge on any atom is -0.345 e. The summed E-state index contributed by atoms with van der Waals surface area (Å²) in [6.07, 6.45) is 1.44. The summed E-state index contributed by atoms with van der Waals surface area (Å²) in [5.74, 6) is -1.40. The van der Waals surface area contributed by atoms with Crippen molar-refractivity contribution in [1.29, 1.82) is 0 Å². The van der Waals surface area contributed by atoms with Crippen molar-refractivity contribution >= 4 is 27.5 Å². The van der Waals surface area contributed by atoms with Crippen LogP contribution in [-0.2, 0) is 16.4 Å². The van der Waals surface area contributed by atoms with Crippen molar-refractivity contribution in [3.63, 3.8) is 0 Å². The van der Waals surface area contributed by atoms with Gasteiger partial charge in [0, 0.05) is 18.1 Å². The number of benzene rings is 2. The van der Waals surface area contributed by atoms with Gasteiger partial charge in [-0.25, -0.2) is 12.8 Å². The summed E-state index contributed by atoms with van der Waals surface area (Å²) in [4.78, 5) is 12.6. The second kappa shape index (κ2) is 8.19. The zero-order valence-corrected chi connectivity index (χ0v) is 17.3. The van der Waals surface area contributed by atoms with E-state index in [-0.39, 0.29) is 16.5 Å². The first-order chi connectivity index (χ1) is 13.3. The predicted molar refractivity (Wildman–Crippen MR) is 106 cm³/mol. The molecule has 1 N–H and O–H groups in total. The smallest absolute Gasteiger partial charge is 0.254 e. The van der Waals surface area contributed by atoms with Crippen LogP contribution in [-0.4, -0.2) is 31.7 Å². The second-order valence-corrected chi connectivity index (χ2v) is 9.01. The standard InChI is InChI=1S/C20H22ClFN2O3S/c1-3-24(4-2)28(26,27)15-7-9-18(22)17(12-15)20(25)23-19-10-5-13-11-14(21)6-8-16(13)19/h6-9,11-12,19H,3-5,10H2,1-2H3,(H,23,25). The van der Waals surface area contributed by atoms with Gasteiger partial charge in [0.15, 0.2) is 0 Å². The molecule has 0 fully saturated rings. The lowest BCUT2D eigenvalue weighted by atomic mass is 10.1. The molecule has 0 aromatic heterocycles. The van der Waals surface area contributed by atoms with E-state index in [2.05, 4.69) is 5.32 Å². The van der Waals surface area contributed by atoms with Gasteiger partial charge in [0.25, 0.3) is 5.91 Å². The van der Waals surface area contributed by atoms with Crippen LogP contribution in [0.4, 0.5) is 4.39 Å². The molecular formula is C20H22ClFN2O3S. The Kier molecular flexibility index (Phi) is 6.07. The summed E-state index contributed by atoms with van der Waals surface area (Å²) in [6, 6.07) is 8.52. The Balaban J connectivity index is 1.87. The maximum absolute atomic E-state index is 14.3. The first-order valence-electron chi connectivity index (χ1n) is 9.16. The van der Waals surface area contributed by atoms with Crippen molar-refractivity contribution in [3.8, 4) is 0 Å². The summed E-state index contributed by atoms with van der Waals surface area (Å²) in [6.45, 7) is 4.03. The van der Waals surface area contributed by atoms with E-state index < -0.39 is 21.7 Å². The maximum atomic E-state index is 14.3. The number of aryl methyl sites for hydroxylation is 1. The van der Waals surface area contributed by atoms with Crippen LogP contribution in [0.25, 0.3) is 0 Å². The number of sulfonamides is 1. The molecule has 2 aromatic rings. The number of halogens is 2. The molecule has 0 radical (unpaired) electrons. The Morgan fingerprint density at radius 2 is 1.93 bits per heavy atom. The first kappa shape index (κ1) is 20.8. The highest BCUT2D eigenvalue weighted by molar-refractivity contribution is 7.89. The number of carbonyl (C=O) groups is 1. The van der Waals surface area contributed by atoms with Crippen LogP contribution in [0.2, 0.25) is 5.02 Å². The van der Waals surface area contributed by atoms with Crippen molar-refractivity contribution in [3.05, 3.63) is 63.9 Å². The molecule has 0 saturated carbocycles. The summed E-state index contributed by atoms with van der Waals surface area (Å²) in [7, 11) is -3.78. The number of nitrogens with zero attached hydrogens (tertiary/aromatic N) is 1. The minimum absolute atomic E-state index is 0.0960.